The highest BCUT2D eigenvalue weighted by Crippen LogP contribution is 2.33. The quantitative estimate of drug-likeness (QED) is 0.915. The molecular formula is C19H28N4O. The van der Waals surface area contributed by atoms with Crippen LogP contribution in [0, 0.1) is 0 Å². The van der Waals surface area contributed by atoms with Gasteiger partial charge in [-0.25, -0.2) is 0 Å². The lowest BCUT2D eigenvalue weighted by Crippen LogP contribution is -2.27. The number of hydrogen-bond acceptors (Lipinski definition) is 4. The number of aryl methyl sites for hydroxylation is 1. The number of nitrogens with zero attached hydrogens (tertiary/aromatic N) is 3. The van der Waals surface area contributed by atoms with Crippen LogP contribution in [0.1, 0.15) is 49.0 Å². The second-order valence-electron chi connectivity index (χ2n) is 6.97. The van der Waals surface area contributed by atoms with E-state index in [1.807, 2.05) is 17.8 Å². The summed E-state index contributed by atoms with van der Waals surface area (Å²) in [7, 11) is 6.18. The van der Waals surface area contributed by atoms with Gasteiger partial charge in [0.25, 0.3) is 0 Å². The van der Waals surface area contributed by atoms with Crippen LogP contribution in [-0.2, 0) is 13.6 Å². The molecule has 0 saturated heterocycles. The van der Waals surface area contributed by atoms with Gasteiger partial charge in [0.2, 0.25) is 0 Å². The van der Waals surface area contributed by atoms with Crippen LogP contribution in [0.3, 0.4) is 0 Å². The number of rotatable bonds is 5. The average Bonchev–Trinajstić information content (AvgIpc) is 2.89. The highest BCUT2D eigenvalue weighted by Gasteiger charge is 2.24. The van der Waals surface area contributed by atoms with E-state index in [1.54, 1.807) is 0 Å². The predicted molar refractivity (Wildman–Crippen MR) is 97.8 cm³/mol. The highest BCUT2D eigenvalue weighted by atomic mass is 16.5. The van der Waals surface area contributed by atoms with Crippen LogP contribution in [-0.4, -0.2) is 30.5 Å². The first kappa shape index (κ1) is 16.8. The predicted octanol–water partition coefficient (Wildman–Crippen LogP) is 3.22. The molecule has 0 fully saturated rings. The minimum Gasteiger partial charge on any atom is -0.493 e. The van der Waals surface area contributed by atoms with Gasteiger partial charge in [-0.05, 0) is 12.0 Å². The van der Waals surface area contributed by atoms with Crippen molar-refractivity contribution in [2.24, 2.45) is 7.05 Å². The molecule has 0 aliphatic carbocycles. The second kappa shape index (κ2) is 6.85. The number of nitrogens with one attached hydrogen (secondary N) is 1. The lowest BCUT2D eigenvalue weighted by molar-refractivity contribution is 0.252. The van der Waals surface area contributed by atoms with Gasteiger partial charge < -0.3 is 15.0 Å². The summed E-state index contributed by atoms with van der Waals surface area (Å²) in [6.07, 6.45) is 0.992. The Morgan fingerprint density at radius 1 is 1.33 bits per heavy atom. The van der Waals surface area contributed by atoms with Gasteiger partial charge in [-0.2, -0.15) is 5.10 Å². The summed E-state index contributed by atoms with van der Waals surface area (Å²) in [5, 5.41) is 8.49. The maximum absolute atomic E-state index is 5.77. The van der Waals surface area contributed by atoms with Crippen molar-refractivity contribution in [3.05, 3.63) is 41.1 Å². The van der Waals surface area contributed by atoms with Crippen molar-refractivity contribution in [2.75, 3.05) is 25.6 Å². The SMILES string of the molecule is CC(C)c1nn(C)c(N(C)C)c1CN[C@H]1CCOc2ccccc21. The third-order valence-electron chi connectivity index (χ3n) is 4.60. The first-order valence-electron chi connectivity index (χ1n) is 8.67. The number of para-hydroxylation sites is 1. The normalized spacial score (nSPS) is 16.8. The molecule has 0 unspecified atom stereocenters. The Hall–Kier alpha value is -2.01. The van der Waals surface area contributed by atoms with E-state index >= 15 is 0 Å². The van der Waals surface area contributed by atoms with E-state index in [0.29, 0.717) is 12.0 Å². The second-order valence-corrected chi connectivity index (χ2v) is 6.97. The van der Waals surface area contributed by atoms with Gasteiger partial charge in [0.1, 0.15) is 11.6 Å². The maximum atomic E-state index is 5.77. The minimum atomic E-state index is 0.324. The number of aromatic nitrogens is 2. The molecule has 5 nitrogen and oxygen atoms in total. The fraction of sp³-hybridized carbons (Fsp3) is 0.526. The summed E-state index contributed by atoms with van der Waals surface area (Å²) < 4.78 is 7.76. The van der Waals surface area contributed by atoms with Crippen LogP contribution in [0.2, 0.25) is 0 Å². The largest absolute Gasteiger partial charge is 0.493 e. The lowest BCUT2D eigenvalue weighted by atomic mass is 9.99. The molecule has 3 rings (SSSR count). The van der Waals surface area contributed by atoms with Gasteiger partial charge in [-0.15, -0.1) is 0 Å². The van der Waals surface area contributed by atoms with Crippen LogP contribution in [0.4, 0.5) is 5.82 Å². The van der Waals surface area contributed by atoms with Gasteiger partial charge in [0, 0.05) is 51.3 Å². The van der Waals surface area contributed by atoms with E-state index in [4.69, 9.17) is 9.84 Å². The molecule has 0 bridgehead atoms. The Labute approximate surface area is 144 Å². The molecule has 1 atom stereocenters. The summed E-state index contributed by atoms with van der Waals surface area (Å²) in [4.78, 5) is 2.15. The summed E-state index contributed by atoms with van der Waals surface area (Å²) in [5.41, 5.74) is 3.72. The highest BCUT2D eigenvalue weighted by molar-refractivity contribution is 5.50. The first-order valence-corrected chi connectivity index (χ1v) is 8.67. The average molecular weight is 328 g/mol. The molecule has 0 radical (unpaired) electrons. The Morgan fingerprint density at radius 2 is 2.08 bits per heavy atom. The number of hydrogen-bond donors (Lipinski definition) is 1. The molecule has 1 aromatic carbocycles. The van der Waals surface area contributed by atoms with Crippen molar-refractivity contribution >= 4 is 5.82 Å². The van der Waals surface area contributed by atoms with Crippen molar-refractivity contribution in [1.29, 1.82) is 0 Å². The molecule has 5 heteroatoms. The first-order chi connectivity index (χ1) is 11.5. The van der Waals surface area contributed by atoms with Crippen LogP contribution in [0.15, 0.2) is 24.3 Å². The molecule has 130 valence electrons. The van der Waals surface area contributed by atoms with E-state index in [-0.39, 0.29) is 0 Å². The topological polar surface area (TPSA) is 42.3 Å². The zero-order chi connectivity index (χ0) is 17.3. The van der Waals surface area contributed by atoms with Gasteiger partial charge >= 0.3 is 0 Å². The number of benzene rings is 1. The Bertz CT molecular complexity index is 705. The van der Waals surface area contributed by atoms with E-state index in [1.165, 1.54) is 22.6 Å². The van der Waals surface area contributed by atoms with Crippen LogP contribution in [0.5, 0.6) is 5.75 Å². The van der Waals surface area contributed by atoms with E-state index in [0.717, 1.165) is 25.3 Å². The summed E-state index contributed by atoms with van der Waals surface area (Å²) >= 11 is 0. The van der Waals surface area contributed by atoms with Gasteiger partial charge in [0.05, 0.1) is 12.3 Å². The molecular weight excluding hydrogens is 300 g/mol. The Morgan fingerprint density at radius 3 is 2.79 bits per heavy atom. The summed E-state index contributed by atoms with van der Waals surface area (Å²) in [6, 6.07) is 8.65. The maximum Gasteiger partial charge on any atom is 0.130 e. The van der Waals surface area contributed by atoms with E-state index in [2.05, 4.69) is 56.4 Å². The van der Waals surface area contributed by atoms with E-state index < -0.39 is 0 Å². The fourth-order valence-corrected chi connectivity index (χ4v) is 3.55. The van der Waals surface area contributed by atoms with E-state index in [9.17, 15) is 0 Å². The molecule has 0 saturated carbocycles. The smallest absolute Gasteiger partial charge is 0.130 e. The van der Waals surface area contributed by atoms with Gasteiger partial charge in [-0.3, -0.25) is 4.68 Å². The molecule has 0 amide bonds. The van der Waals surface area contributed by atoms with Crippen molar-refractivity contribution < 1.29 is 4.74 Å². The molecule has 1 aliphatic heterocycles. The molecule has 1 aliphatic rings. The molecule has 0 spiro atoms. The minimum absolute atomic E-state index is 0.324. The third kappa shape index (κ3) is 3.13. The van der Waals surface area contributed by atoms with Crippen molar-refractivity contribution in [2.45, 2.75) is 38.8 Å². The van der Waals surface area contributed by atoms with Gasteiger partial charge in [0.15, 0.2) is 0 Å². The van der Waals surface area contributed by atoms with Gasteiger partial charge in [-0.1, -0.05) is 32.0 Å². The lowest BCUT2D eigenvalue weighted by Gasteiger charge is -2.27. The van der Waals surface area contributed by atoms with Crippen LogP contribution < -0.4 is 15.0 Å². The molecule has 2 heterocycles. The fourth-order valence-electron chi connectivity index (χ4n) is 3.55. The molecule has 24 heavy (non-hydrogen) atoms. The zero-order valence-electron chi connectivity index (χ0n) is 15.3. The number of anilines is 1. The Kier molecular flexibility index (Phi) is 4.81. The standard InChI is InChI=1S/C19H28N4O/c1-13(2)18-15(19(22(3)4)23(5)21-18)12-20-16-10-11-24-17-9-7-6-8-14(16)17/h6-9,13,16,20H,10-12H2,1-5H3/t16-/m0/s1. The number of ether oxygens (including phenoxy) is 1. The van der Waals surface area contributed by atoms with Crippen molar-refractivity contribution in [3.8, 4) is 5.75 Å². The van der Waals surface area contributed by atoms with Crippen molar-refractivity contribution in [1.82, 2.24) is 15.1 Å². The summed E-state index contributed by atoms with van der Waals surface area (Å²) in [6.45, 7) is 5.98. The summed E-state index contributed by atoms with van der Waals surface area (Å²) in [5.74, 6) is 2.58. The van der Waals surface area contributed by atoms with Crippen LogP contribution >= 0.6 is 0 Å². The molecule has 1 N–H and O–H groups in total. The molecule has 2 aromatic rings. The monoisotopic (exact) mass is 328 g/mol. The molecule has 1 aromatic heterocycles. The number of fused-ring (bicyclic) bond motifs is 1. The van der Waals surface area contributed by atoms with Crippen molar-refractivity contribution in [3.63, 3.8) is 0 Å². The Balaban J connectivity index is 1.85. The van der Waals surface area contributed by atoms with Crippen LogP contribution in [0.25, 0.3) is 0 Å². The third-order valence-corrected chi connectivity index (χ3v) is 4.60. The zero-order valence-corrected chi connectivity index (χ0v) is 15.3.